The predicted octanol–water partition coefficient (Wildman–Crippen LogP) is 4.15. The van der Waals surface area contributed by atoms with Crippen LogP contribution < -0.4 is 0 Å². The van der Waals surface area contributed by atoms with E-state index in [4.69, 9.17) is 0 Å². The molecule has 0 heterocycles. The van der Waals surface area contributed by atoms with Gasteiger partial charge in [0.05, 0.1) is 0 Å². The fraction of sp³-hybridized carbons (Fsp3) is 0.250. The van der Waals surface area contributed by atoms with E-state index in [-0.39, 0.29) is 0 Å². The molecule has 0 aromatic heterocycles. The molecule has 0 aliphatic heterocycles. The lowest BCUT2D eigenvalue weighted by Gasteiger charge is -2.05. The Morgan fingerprint density at radius 3 is 2.12 bits per heavy atom. The average molecular weight is 210 g/mol. The van der Waals surface area contributed by atoms with Crippen molar-refractivity contribution in [2.24, 2.45) is 0 Å². The topological polar surface area (TPSA) is 0 Å². The van der Waals surface area contributed by atoms with Crippen molar-refractivity contribution in [2.45, 2.75) is 26.7 Å². The van der Waals surface area contributed by atoms with Crippen LogP contribution in [-0.4, -0.2) is 0 Å². The molecule has 0 radical (unpaired) electrons. The molecule has 2 aromatic rings. The molecule has 0 fully saturated rings. The molecular weight excluding hydrogens is 192 g/mol. The molecule has 0 heteroatoms. The average Bonchev–Trinajstić information content (AvgIpc) is 2.29. The van der Waals surface area contributed by atoms with Crippen molar-refractivity contribution in [2.75, 3.05) is 0 Å². The largest absolute Gasteiger partial charge is 0.0617 e. The number of aryl methyl sites for hydroxylation is 2. The summed E-state index contributed by atoms with van der Waals surface area (Å²) in [5.41, 5.74) is 5.56. The van der Waals surface area contributed by atoms with Crippen molar-refractivity contribution < 1.29 is 0 Å². The number of hydrogen-bond donors (Lipinski definition) is 0. The summed E-state index contributed by atoms with van der Waals surface area (Å²) in [6.45, 7) is 4.34. The maximum atomic E-state index is 2.31. The molecule has 2 rings (SSSR count). The van der Waals surface area contributed by atoms with Gasteiger partial charge in [0.1, 0.15) is 0 Å². The second kappa shape index (κ2) is 4.98. The maximum absolute atomic E-state index is 2.31. The molecule has 82 valence electrons. The predicted molar refractivity (Wildman–Crippen MR) is 69.8 cm³/mol. The third-order valence-corrected chi connectivity index (χ3v) is 2.89. The Labute approximate surface area is 97.9 Å². The lowest BCUT2D eigenvalue weighted by Crippen LogP contribution is -1.90. The molecule has 0 bridgehead atoms. The van der Waals surface area contributed by atoms with Gasteiger partial charge in [0.2, 0.25) is 0 Å². The summed E-state index contributed by atoms with van der Waals surface area (Å²) < 4.78 is 0. The molecule has 0 atom stereocenters. The van der Waals surface area contributed by atoms with Gasteiger partial charge in [-0.2, -0.15) is 0 Å². The highest BCUT2D eigenvalue weighted by Crippen LogP contribution is 2.13. The standard InChI is InChI=1S/C16H18/c1-3-14-7-5-9-16(11-14)12-15-8-4-6-13(2)10-15/h4-11H,3,12H2,1-2H3. The highest BCUT2D eigenvalue weighted by atomic mass is 14.0. The first-order chi connectivity index (χ1) is 7.78. The van der Waals surface area contributed by atoms with E-state index in [2.05, 4.69) is 62.4 Å². The highest BCUT2D eigenvalue weighted by Gasteiger charge is 1.97. The third kappa shape index (κ3) is 2.73. The number of rotatable bonds is 3. The van der Waals surface area contributed by atoms with E-state index < -0.39 is 0 Å². The third-order valence-electron chi connectivity index (χ3n) is 2.89. The van der Waals surface area contributed by atoms with Crippen LogP contribution in [0.2, 0.25) is 0 Å². The van der Waals surface area contributed by atoms with Crippen LogP contribution in [0.3, 0.4) is 0 Å². The van der Waals surface area contributed by atoms with E-state index >= 15 is 0 Å². The summed E-state index contributed by atoms with van der Waals surface area (Å²) >= 11 is 0. The quantitative estimate of drug-likeness (QED) is 0.714. The zero-order valence-corrected chi connectivity index (χ0v) is 10.0. The number of benzene rings is 2. The Hall–Kier alpha value is -1.56. The first-order valence-corrected chi connectivity index (χ1v) is 5.91. The van der Waals surface area contributed by atoms with Crippen LogP contribution in [0.4, 0.5) is 0 Å². The van der Waals surface area contributed by atoms with Gasteiger partial charge in [-0.3, -0.25) is 0 Å². The molecular formula is C16H18. The fourth-order valence-corrected chi connectivity index (χ4v) is 2.02. The van der Waals surface area contributed by atoms with Crippen molar-refractivity contribution in [1.29, 1.82) is 0 Å². The molecule has 0 spiro atoms. The van der Waals surface area contributed by atoms with Crippen LogP contribution >= 0.6 is 0 Å². The maximum Gasteiger partial charge on any atom is -0.00256 e. The summed E-state index contributed by atoms with van der Waals surface area (Å²) in [6.07, 6.45) is 2.15. The Morgan fingerprint density at radius 2 is 1.44 bits per heavy atom. The van der Waals surface area contributed by atoms with Gasteiger partial charge >= 0.3 is 0 Å². The van der Waals surface area contributed by atoms with E-state index in [0.717, 1.165) is 12.8 Å². The summed E-state index contributed by atoms with van der Waals surface area (Å²) in [7, 11) is 0. The first-order valence-electron chi connectivity index (χ1n) is 5.91. The molecule has 0 N–H and O–H groups in total. The van der Waals surface area contributed by atoms with Crippen LogP contribution in [-0.2, 0) is 12.8 Å². The minimum absolute atomic E-state index is 1.04. The summed E-state index contributed by atoms with van der Waals surface area (Å²) in [4.78, 5) is 0. The van der Waals surface area contributed by atoms with E-state index in [9.17, 15) is 0 Å². The van der Waals surface area contributed by atoms with Crippen molar-refractivity contribution in [3.05, 3.63) is 70.8 Å². The van der Waals surface area contributed by atoms with Crippen molar-refractivity contribution in [1.82, 2.24) is 0 Å². The minimum Gasteiger partial charge on any atom is -0.0617 e. The van der Waals surface area contributed by atoms with E-state index in [0.29, 0.717) is 0 Å². The van der Waals surface area contributed by atoms with Gasteiger partial charge in [-0.05, 0) is 36.5 Å². The van der Waals surface area contributed by atoms with E-state index in [1.54, 1.807) is 0 Å². The van der Waals surface area contributed by atoms with Crippen molar-refractivity contribution >= 4 is 0 Å². The van der Waals surface area contributed by atoms with Crippen LogP contribution in [0.25, 0.3) is 0 Å². The smallest absolute Gasteiger partial charge is 0.00256 e. The summed E-state index contributed by atoms with van der Waals surface area (Å²) in [5.74, 6) is 0. The molecule has 0 nitrogen and oxygen atoms in total. The molecule has 16 heavy (non-hydrogen) atoms. The van der Waals surface area contributed by atoms with Gasteiger partial charge in [-0.25, -0.2) is 0 Å². The lowest BCUT2D eigenvalue weighted by atomic mass is 10.0. The molecule has 0 aliphatic rings. The van der Waals surface area contributed by atoms with Gasteiger partial charge in [-0.1, -0.05) is 61.0 Å². The number of hydrogen-bond acceptors (Lipinski definition) is 0. The second-order valence-electron chi connectivity index (χ2n) is 4.34. The van der Waals surface area contributed by atoms with Crippen molar-refractivity contribution in [3.8, 4) is 0 Å². The van der Waals surface area contributed by atoms with E-state index in [1.807, 2.05) is 0 Å². The normalized spacial score (nSPS) is 10.4. The summed E-state index contributed by atoms with van der Waals surface area (Å²) in [6, 6.07) is 17.6. The van der Waals surface area contributed by atoms with Crippen molar-refractivity contribution in [3.63, 3.8) is 0 Å². The summed E-state index contributed by atoms with van der Waals surface area (Å²) in [5, 5.41) is 0. The van der Waals surface area contributed by atoms with Crippen LogP contribution in [0.5, 0.6) is 0 Å². The molecule has 0 saturated heterocycles. The molecule has 2 aromatic carbocycles. The fourth-order valence-electron chi connectivity index (χ4n) is 2.02. The zero-order valence-electron chi connectivity index (χ0n) is 10.0. The second-order valence-corrected chi connectivity index (χ2v) is 4.34. The monoisotopic (exact) mass is 210 g/mol. The van der Waals surface area contributed by atoms with E-state index in [1.165, 1.54) is 22.3 Å². The Kier molecular flexibility index (Phi) is 3.40. The molecule has 0 amide bonds. The van der Waals surface area contributed by atoms with Crippen LogP contribution in [0, 0.1) is 6.92 Å². The Morgan fingerprint density at radius 1 is 0.812 bits per heavy atom. The van der Waals surface area contributed by atoms with Gasteiger partial charge in [0, 0.05) is 0 Å². The molecule has 0 unspecified atom stereocenters. The van der Waals surface area contributed by atoms with Gasteiger partial charge in [0.15, 0.2) is 0 Å². The Bertz CT molecular complexity index is 469. The molecule has 0 aliphatic carbocycles. The van der Waals surface area contributed by atoms with Crippen LogP contribution in [0.1, 0.15) is 29.2 Å². The van der Waals surface area contributed by atoms with Gasteiger partial charge in [-0.15, -0.1) is 0 Å². The zero-order chi connectivity index (χ0) is 11.4. The lowest BCUT2D eigenvalue weighted by molar-refractivity contribution is 1.11. The Balaban J connectivity index is 2.20. The van der Waals surface area contributed by atoms with Crippen LogP contribution in [0.15, 0.2) is 48.5 Å². The highest BCUT2D eigenvalue weighted by molar-refractivity contribution is 5.31. The SMILES string of the molecule is CCc1cccc(Cc2cccc(C)c2)c1. The van der Waals surface area contributed by atoms with Gasteiger partial charge in [0.25, 0.3) is 0 Å². The molecule has 0 saturated carbocycles. The van der Waals surface area contributed by atoms with Gasteiger partial charge < -0.3 is 0 Å². The first kappa shape index (κ1) is 10.9. The minimum atomic E-state index is 1.04.